The lowest BCUT2D eigenvalue weighted by molar-refractivity contribution is -0.268. The number of benzene rings is 2. The summed E-state index contributed by atoms with van der Waals surface area (Å²) >= 11 is 0. The minimum absolute atomic E-state index is 0.140. The van der Waals surface area contributed by atoms with Crippen LogP contribution in [0.1, 0.15) is 99.0 Å². The molecule has 0 spiro atoms. The predicted octanol–water partition coefficient (Wildman–Crippen LogP) is 8.60. The molecule has 3 saturated carbocycles. The van der Waals surface area contributed by atoms with Gasteiger partial charge in [-0.1, -0.05) is 135 Å². The van der Waals surface area contributed by atoms with Gasteiger partial charge in [-0.2, -0.15) is 0 Å². The minimum Gasteiger partial charge on any atom is -0.379 e. The van der Waals surface area contributed by atoms with Crippen molar-refractivity contribution in [2.75, 3.05) is 37.6 Å². The summed E-state index contributed by atoms with van der Waals surface area (Å²) in [6.45, 7) is 46.2. The number of rotatable bonds is 10. The highest BCUT2D eigenvalue weighted by molar-refractivity contribution is 5.52. The molecule has 0 aromatic heterocycles. The molecule has 304 valence electrons. The normalized spacial score (nSPS) is 32.2. The fourth-order valence-electron chi connectivity index (χ4n) is 12.3. The zero-order chi connectivity index (χ0) is 41.0. The fourth-order valence-corrected chi connectivity index (χ4v) is 12.3. The summed E-state index contributed by atoms with van der Waals surface area (Å²) in [5.74, 6) is 2.30. The highest BCUT2D eigenvalue weighted by Crippen LogP contribution is 2.89. The lowest BCUT2D eigenvalue weighted by Crippen LogP contribution is -2.69. The van der Waals surface area contributed by atoms with E-state index in [0.717, 1.165) is 57.7 Å². The Hall–Kier alpha value is -4.18. The van der Waals surface area contributed by atoms with Crippen molar-refractivity contribution in [3.8, 4) is 0 Å². The van der Waals surface area contributed by atoms with Gasteiger partial charge < -0.3 is 20.0 Å². The summed E-state index contributed by atoms with van der Waals surface area (Å²) in [6.07, 6.45) is 16.8. The smallest absolute Gasteiger partial charge is 0.0682 e. The Balaban J connectivity index is 0.000000301. The number of nitrogens with one attached hydrogen (secondary N) is 1. The molecule has 1 N–H and O–H groups in total. The molecule has 5 fully saturated rings. The number of likely N-dealkylation sites (tertiary alicyclic amines) is 1. The SMILES string of the molecule is C=C(N[C@@H](C)C(=C)N1CCN(c2ccc3c(c2)=CCCC=3)CC1)[C@@H]1CC(C)CN1C(=C)C1C(=C)[C@@]2(C)CC3(C)CC1C32C.C=C/C=c1/ccc(C(C)C)c/c1=C/C. The monoisotopic (exact) mass is 765 g/mol. The van der Waals surface area contributed by atoms with Crippen LogP contribution in [0.2, 0.25) is 0 Å². The molecule has 2 heterocycles. The first-order chi connectivity index (χ1) is 27.1. The molecule has 2 aromatic carbocycles. The van der Waals surface area contributed by atoms with Crippen LogP contribution in [-0.4, -0.2) is 54.6 Å². The van der Waals surface area contributed by atoms with Gasteiger partial charge in [0.2, 0.25) is 0 Å². The molecule has 4 heteroatoms. The number of fused-ring (bicyclic) bond motifs is 1. The minimum atomic E-state index is 0.140. The van der Waals surface area contributed by atoms with Gasteiger partial charge in [-0.25, -0.2) is 0 Å². The van der Waals surface area contributed by atoms with Gasteiger partial charge in [0, 0.05) is 61.4 Å². The molecule has 8 rings (SSSR count). The summed E-state index contributed by atoms with van der Waals surface area (Å²) in [7, 11) is 0. The summed E-state index contributed by atoms with van der Waals surface area (Å²) < 4.78 is 0. The van der Waals surface area contributed by atoms with Crippen LogP contribution in [0.3, 0.4) is 0 Å². The molecule has 2 aliphatic heterocycles. The number of anilines is 1. The maximum absolute atomic E-state index is 4.80. The molecule has 2 aromatic rings. The van der Waals surface area contributed by atoms with Gasteiger partial charge in [-0.15, -0.1) is 0 Å². The predicted molar refractivity (Wildman–Crippen MR) is 246 cm³/mol. The molecule has 0 radical (unpaired) electrons. The zero-order valence-electron chi connectivity index (χ0n) is 36.8. The van der Waals surface area contributed by atoms with Crippen molar-refractivity contribution in [1.82, 2.24) is 15.1 Å². The fraction of sp³-hybridized carbons (Fsp3) is 0.509. The van der Waals surface area contributed by atoms with Gasteiger partial charge in [0.25, 0.3) is 0 Å². The zero-order valence-corrected chi connectivity index (χ0v) is 36.8. The van der Waals surface area contributed by atoms with Gasteiger partial charge >= 0.3 is 0 Å². The van der Waals surface area contributed by atoms with Crippen molar-refractivity contribution >= 4 is 30.0 Å². The molecule has 4 aliphatic carbocycles. The first kappa shape index (κ1) is 41.0. The molecule has 8 atom stereocenters. The Labute approximate surface area is 345 Å². The van der Waals surface area contributed by atoms with E-state index in [1.807, 2.05) is 12.2 Å². The van der Waals surface area contributed by atoms with Crippen molar-refractivity contribution in [2.45, 2.75) is 105 Å². The number of hydrogen-bond acceptors (Lipinski definition) is 4. The summed E-state index contributed by atoms with van der Waals surface area (Å²) in [5, 5.41) is 9.12. The highest BCUT2D eigenvalue weighted by Gasteiger charge is 2.82. The number of piperazine rings is 1. The second-order valence-corrected chi connectivity index (χ2v) is 19.5. The van der Waals surface area contributed by atoms with E-state index in [2.05, 4.69) is 150 Å². The Morgan fingerprint density at radius 1 is 0.912 bits per heavy atom. The molecular formula is C53H72N4. The lowest BCUT2D eigenvalue weighted by atomic mass is 9.28. The summed E-state index contributed by atoms with van der Waals surface area (Å²) in [6, 6.07) is 14.0. The van der Waals surface area contributed by atoms with Crippen LogP contribution in [0.5, 0.6) is 0 Å². The first-order valence-electron chi connectivity index (χ1n) is 22.0. The average molecular weight is 765 g/mol. The van der Waals surface area contributed by atoms with Crippen molar-refractivity contribution in [3.05, 3.63) is 124 Å². The van der Waals surface area contributed by atoms with Crippen LogP contribution in [0.4, 0.5) is 5.69 Å². The third kappa shape index (κ3) is 6.87. The Bertz CT molecular complexity index is 2200. The largest absolute Gasteiger partial charge is 0.379 e. The molecule has 57 heavy (non-hydrogen) atoms. The summed E-state index contributed by atoms with van der Waals surface area (Å²) in [5.41, 5.74) is 8.90. The quantitative estimate of drug-likeness (QED) is 0.245. The van der Waals surface area contributed by atoms with E-state index in [1.54, 1.807) is 0 Å². The van der Waals surface area contributed by atoms with Crippen molar-refractivity contribution in [2.24, 2.45) is 34.0 Å². The van der Waals surface area contributed by atoms with Crippen LogP contribution < -0.4 is 31.1 Å². The maximum atomic E-state index is 4.80. The van der Waals surface area contributed by atoms with Crippen LogP contribution in [0.25, 0.3) is 24.3 Å². The molecule has 4 nitrogen and oxygen atoms in total. The van der Waals surface area contributed by atoms with Gasteiger partial charge in [-0.05, 0) is 119 Å². The van der Waals surface area contributed by atoms with Gasteiger partial charge in [0.15, 0.2) is 0 Å². The van der Waals surface area contributed by atoms with E-state index in [0.29, 0.717) is 34.5 Å². The topological polar surface area (TPSA) is 21.8 Å². The van der Waals surface area contributed by atoms with Gasteiger partial charge in [0.1, 0.15) is 0 Å². The van der Waals surface area contributed by atoms with E-state index >= 15 is 0 Å². The van der Waals surface area contributed by atoms with E-state index < -0.39 is 0 Å². The molecule has 6 aliphatic rings. The number of allylic oxidation sites excluding steroid dienone is 2. The standard InChI is InChI=1S/C39H54N4.C14H18/c1-25-20-35(43(23-25)30(6)36-26(2)38(8)24-37(7)22-34(36)39(37,38)9)28(4)40-27(3)29(5)41-16-18-42(19-17-41)33-15-14-31-12-10-11-13-32(31)21-33;1-5-7-13-8-9-14(11(3)4)10-12(13)6-2/h12-15,21,25,27,34-36,40H,2,4-6,10-11,16-20,22-24H2,1,3,7-9H3;5-11H,1H2,2-4H3/b;12-6-,13-7-/t25?,27-,34?,35-,36?,37?,38+,39?;/m0./s1. The molecule has 0 amide bonds. The highest BCUT2D eigenvalue weighted by atomic mass is 15.3. The Kier molecular flexibility index (Phi) is 11.2. The second kappa shape index (κ2) is 15.5. The lowest BCUT2D eigenvalue weighted by Gasteiger charge is -2.76. The molecule has 5 unspecified atom stereocenters. The van der Waals surface area contributed by atoms with Gasteiger partial charge in [-0.3, -0.25) is 0 Å². The van der Waals surface area contributed by atoms with Crippen LogP contribution >= 0.6 is 0 Å². The van der Waals surface area contributed by atoms with Crippen LogP contribution in [0, 0.1) is 34.0 Å². The second-order valence-electron chi connectivity index (χ2n) is 19.5. The average Bonchev–Trinajstić information content (AvgIpc) is 3.61. The van der Waals surface area contributed by atoms with Crippen LogP contribution in [0.15, 0.2) is 98.0 Å². The third-order valence-electron chi connectivity index (χ3n) is 16.0. The van der Waals surface area contributed by atoms with Crippen molar-refractivity contribution in [1.29, 1.82) is 0 Å². The number of nitrogens with zero attached hydrogens (tertiary/aromatic N) is 3. The number of hydrogen-bond donors (Lipinski definition) is 1. The van der Waals surface area contributed by atoms with Gasteiger partial charge in [0.05, 0.1) is 12.1 Å². The first-order valence-corrected chi connectivity index (χ1v) is 22.0. The Morgan fingerprint density at radius 3 is 2.25 bits per heavy atom. The third-order valence-corrected chi connectivity index (χ3v) is 16.0. The van der Waals surface area contributed by atoms with E-state index in [-0.39, 0.29) is 17.5 Å². The maximum Gasteiger partial charge on any atom is 0.0682 e. The Morgan fingerprint density at radius 2 is 1.61 bits per heavy atom. The van der Waals surface area contributed by atoms with Crippen molar-refractivity contribution in [3.63, 3.8) is 0 Å². The molecule has 2 saturated heterocycles. The van der Waals surface area contributed by atoms with E-state index in [1.165, 1.54) is 61.9 Å². The van der Waals surface area contributed by atoms with E-state index in [9.17, 15) is 0 Å². The molecular weight excluding hydrogens is 693 g/mol. The molecule has 0 bridgehead atoms. The summed E-state index contributed by atoms with van der Waals surface area (Å²) in [4.78, 5) is 7.60. The van der Waals surface area contributed by atoms with Crippen molar-refractivity contribution < 1.29 is 0 Å². The van der Waals surface area contributed by atoms with Crippen LogP contribution in [-0.2, 0) is 0 Å². The van der Waals surface area contributed by atoms with E-state index in [4.69, 9.17) is 13.2 Å².